The topological polar surface area (TPSA) is 63.6 Å². The molecule has 6 heteroatoms. The molecular formula is C22H21N5S. The summed E-state index contributed by atoms with van der Waals surface area (Å²) in [5, 5.41) is 6.57. The minimum absolute atomic E-state index is 0.744. The summed E-state index contributed by atoms with van der Waals surface area (Å²) in [5.74, 6) is 0.762. The van der Waals surface area contributed by atoms with E-state index in [4.69, 9.17) is 4.98 Å². The third-order valence-corrected chi connectivity index (χ3v) is 5.27. The second-order valence-corrected chi connectivity index (χ2v) is 7.45. The van der Waals surface area contributed by atoms with E-state index < -0.39 is 0 Å². The van der Waals surface area contributed by atoms with E-state index in [-0.39, 0.29) is 0 Å². The largest absolute Gasteiger partial charge is 0.312 e. The summed E-state index contributed by atoms with van der Waals surface area (Å²) in [6, 6.07) is 12.2. The van der Waals surface area contributed by atoms with Gasteiger partial charge in [-0.15, -0.1) is 11.3 Å². The maximum Gasteiger partial charge on any atom is 0.159 e. The fourth-order valence-electron chi connectivity index (χ4n) is 2.87. The molecule has 0 atom stereocenters. The highest BCUT2D eigenvalue weighted by molar-refractivity contribution is 7.13. The Morgan fingerprint density at radius 2 is 1.86 bits per heavy atom. The highest BCUT2D eigenvalue weighted by atomic mass is 32.1. The summed E-state index contributed by atoms with van der Waals surface area (Å²) in [7, 11) is 0. The van der Waals surface area contributed by atoms with E-state index in [1.807, 2.05) is 42.9 Å². The van der Waals surface area contributed by atoms with Gasteiger partial charge in [0.2, 0.25) is 0 Å². The second-order valence-electron chi connectivity index (χ2n) is 6.60. The van der Waals surface area contributed by atoms with Gasteiger partial charge >= 0.3 is 0 Å². The van der Waals surface area contributed by atoms with Crippen molar-refractivity contribution >= 4 is 11.3 Å². The summed E-state index contributed by atoms with van der Waals surface area (Å²) >= 11 is 1.66. The number of benzene rings is 1. The van der Waals surface area contributed by atoms with Gasteiger partial charge in [-0.2, -0.15) is 0 Å². The lowest BCUT2D eigenvalue weighted by Crippen LogP contribution is -2.17. The van der Waals surface area contributed by atoms with Gasteiger partial charge in [-0.25, -0.2) is 15.0 Å². The lowest BCUT2D eigenvalue weighted by atomic mass is 10.1. The van der Waals surface area contributed by atoms with E-state index in [2.05, 4.69) is 44.7 Å². The van der Waals surface area contributed by atoms with Crippen LogP contribution >= 0.6 is 11.3 Å². The highest BCUT2D eigenvalue weighted by Gasteiger charge is 2.05. The Labute approximate surface area is 168 Å². The van der Waals surface area contributed by atoms with Crippen molar-refractivity contribution in [3.63, 3.8) is 0 Å². The number of thiazole rings is 1. The lowest BCUT2D eigenvalue weighted by Gasteiger charge is -2.05. The molecule has 0 saturated carbocycles. The van der Waals surface area contributed by atoms with Gasteiger partial charge in [-0.1, -0.05) is 23.8 Å². The predicted molar refractivity (Wildman–Crippen MR) is 113 cm³/mol. The van der Waals surface area contributed by atoms with E-state index in [1.54, 1.807) is 17.5 Å². The van der Waals surface area contributed by atoms with E-state index in [0.29, 0.717) is 0 Å². The number of rotatable bonds is 7. The molecule has 0 aliphatic carbocycles. The summed E-state index contributed by atoms with van der Waals surface area (Å²) in [6.45, 7) is 3.67. The fraction of sp³-hybridized carbons (Fsp3) is 0.182. The van der Waals surface area contributed by atoms with E-state index in [0.717, 1.165) is 52.7 Å². The summed E-state index contributed by atoms with van der Waals surface area (Å²) in [6.07, 6.45) is 8.29. The molecule has 0 aliphatic heterocycles. The molecule has 0 aliphatic rings. The van der Waals surface area contributed by atoms with Crippen LogP contribution in [0.3, 0.4) is 0 Å². The summed E-state index contributed by atoms with van der Waals surface area (Å²) < 4.78 is 0. The number of aryl methyl sites for hydroxylation is 1. The Kier molecular flexibility index (Phi) is 5.80. The van der Waals surface area contributed by atoms with Crippen molar-refractivity contribution in [2.75, 3.05) is 6.54 Å². The Morgan fingerprint density at radius 1 is 1.00 bits per heavy atom. The molecule has 1 N–H and O–H groups in total. The lowest BCUT2D eigenvalue weighted by molar-refractivity contribution is 0.678. The van der Waals surface area contributed by atoms with Crippen molar-refractivity contribution in [3.05, 3.63) is 83.4 Å². The molecule has 0 saturated heterocycles. The molecular weight excluding hydrogens is 366 g/mol. The molecule has 140 valence electrons. The van der Waals surface area contributed by atoms with E-state index in [1.165, 1.54) is 5.56 Å². The van der Waals surface area contributed by atoms with Gasteiger partial charge in [0.05, 0.1) is 5.69 Å². The highest BCUT2D eigenvalue weighted by Crippen LogP contribution is 2.22. The van der Waals surface area contributed by atoms with Crippen LogP contribution in [0.1, 0.15) is 16.8 Å². The molecule has 28 heavy (non-hydrogen) atoms. The van der Waals surface area contributed by atoms with Gasteiger partial charge in [0, 0.05) is 66.4 Å². The standard InChI is InChI=1S/C22H21N5S/c1-16-4-2-5-18(10-16)21-25-12-17(13-26-21)11-24-9-7-20-15-28-22(27-20)19-6-3-8-23-14-19/h2-6,8,10,12-15,24H,7,9,11H2,1H3. The molecule has 3 heterocycles. The van der Waals surface area contributed by atoms with Crippen LogP contribution in [0.5, 0.6) is 0 Å². The van der Waals surface area contributed by atoms with Crippen molar-refractivity contribution in [2.45, 2.75) is 19.9 Å². The zero-order valence-corrected chi connectivity index (χ0v) is 16.5. The average Bonchev–Trinajstić information content (AvgIpc) is 3.21. The molecule has 5 nitrogen and oxygen atoms in total. The first-order chi connectivity index (χ1) is 13.8. The minimum Gasteiger partial charge on any atom is -0.312 e. The molecule has 0 bridgehead atoms. The quantitative estimate of drug-likeness (QED) is 0.479. The molecule has 3 aromatic heterocycles. The van der Waals surface area contributed by atoms with Crippen LogP contribution < -0.4 is 5.32 Å². The van der Waals surface area contributed by atoms with Gasteiger partial charge in [0.15, 0.2) is 5.82 Å². The van der Waals surface area contributed by atoms with E-state index >= 15 is 0 Å². The maximum absolute atomic E-state index is 4.69. The molecule has 4 aromatic rings. The molecule has 0 amide bonds. The Morgan fingerprint density at radius 3 is 2.64 bits per heavy atom. The minimum atomic E-state index is 0.744. The number of aromatic nitrogens is 4. The number of nitrogens with zero attached hydrogens (tertiary/aromatic N) is 4. The molecule has 1 aromatic carbocycles. The van der Waals surface area contributed by atoms with Crippen molar-refractivity contribution in [2.24, 2.45) is 0 Å². The summed E-state index contributed by atoms with van der Waals surface area (Å²) in [4.78, 5) is 17.8. The smallest absolute Gasteiger partial charge is 0.159 e. The Hall–Kier alpha value is -2.96. The number of nitrogens with one attached hydrogen (secondary N) is 1. The molecule has 0 fully saturated rings. The van der Waals surface area contributed by atoms with Crippen LogP contribution in [0.15, 0.2) is 66.6 Å². The van der Waals surface area contributed by atoms with Gasteiger partial charge in [-0.3, -0.25) is 4.98 Å². The second kappa shape index (κ2) is 8.82. The molecule has 0 spiro atoms. The summed E-state index contributed by atoms with van der Waals surface area (Å²) in [5.41, 5.74) is 5.50. The Bertz CT molecular complexity index is 1030. The van der Waals surface area contributed by atoms with Crippen LogP contribution in [0.4, 0.5) is 0 Å². The molecule has 4 rings (SSSR count). The van der Waals surface area contributed by atoms with Gasteiger partial charge in [0.25, 0.3) is 0 Å². The first-order valence-corrected chi connectivity index (χ1v) is 10.1. The third-order valence-electron chi connectivity index (χ3n) is 4.33. The first-order valence-electron chi connectivity index (χ1n) is 9.21. The maximum atomic E-state index is 4.69. The Balaban J connectivity index is 1.27. The van der Waals surface area contributed by atoms with Crippen LogP contribution in [0, 0.1) is 6.92 Å². The van der Waals surface area contributed by atoms with Crippen LogP contribution in [-0.4, -0.2) is 26.5 Å². The fourth-order valence-corrected chi connectivity index (χ4v) is 3.72. The van der Waals surface area contributed by atoms with Crippen LogP contribution in [-0.2, 0) is 13.0 Å². The number of pyridine rings is 1. The van der Waals surface area contributed by atoms with Crippen LogP contribution in [0.2, 0.25) is 0 Å². The normalized spacial score (nSPS) is 10.9. The van der Waals surface area contributed by atoms with Crippen molar-refractivity contribution < 1.29 is 0 Å². The number of hydrogen-bond acceptors (Lipinski definition) is 6. The zero-order chi connectivity index (χ0) is 19.2. The molecule has 0 radical (unpaired) electrons. The SMILES string of the molecule is Cc1cccc(-c2ncc(CNCCc3csc(-c4cccnc4)n3)cn2)c1. The first kappa shape index (κ1) is 18.4. The average molecular weight is 388 g/mol. The monoisotopic (exact) mass is 387 g/mol. The van der Waals surface area contributed by atoms with Gasteiger partial charge in [0.1, 0.15) is 5.01 Å². The third kappa shape index (κ3) is 4.65. The van der Waals surface area contributed by atoms with Crippen molar-refractivity contribution in [3.8, 4) is 22.0 Å². The van der Waals surface area contributed by atoms with Crippen molar-refractivity contribution in [1.29, 1.82) is 0 Å². The molecule has 0 unspecified atom stereocenters. The van der Waals surface area contributed by atoms with Crippen LogP contribution in [0.25, 0.3) is 22.0 Å². The predicted octanol–water partition coefficient (Wildman–Crippen LogP) is 4.30. The van der Waals surface area contributed by atoms with Crippen molar-refractivity contribution in [1.82, 2.24) is 25.3 Å². The zero-order valence-electron chi connectivity index (χ0n) is 15.7. The van der Waals surface area contributed by atoms with Gasteiger partial charge in [-0.05, 0) is 25.1 Å². The number of hydrogen-bond donors (Lipinski definition) is 1. The van der Waals surface area contributed by atoms with Gasteiger partial charge < -0.3 is 5.32 Å². The van der Waals surface area contributed by atoms with E-state index in [9.17, 15) is 0 Å².